The second-order valence-electron chi connectivity index (χ2n) is 5.95. The van der Waals surface area contributed by atoms with Gasteiger partial charge >= 0.3 is 0 Å². The summed E-state index contributed by atoms with van der Waals surface area (Å²) in [6.07, 6.45) is 7.06. The molecule has 0 aromatic carbocycles. The number of aryl methyl sites for hydroxylation is 1. The van der Waals surface area contributed by atoms with Gasteiger partial charge in [-0.2, -0.15) is 9.61 Å². The predicted molar refractivity (Wildman–Crippen MR) is 77.3 cm³/mol. The minimum atomic E-state index is 0.801. The molecule has 0 saturated heterocycles. The zero-order chi connectivity index (χ0) is 13.2. The zero-order valence-corrected chi connectivity index (χ0v) is 11.8. The first-order chi connectivity index (χ1) is 9.22. The van der Waals surface area contributed by atoms with Gasteiger partial charge in [-0.15, -0.1) is 0 Å². The summed E-state index contributed by atoms with van der Waals surface area (Å²) >= 11 is 0. The smallest absolute Gasteiger partial charge is 0.157 e. The summed E-state index contributed by atoms with van der Waals surface area (Å²) in [6.45, 7) is 5.51. The number of pyridine rings is 1. The Bertz CT molecular complexity index is 552. The van der Waals surface area contributed by atoms with E-state index in [4.69, 9.17) is 0 Å². The highest BCUT2D eigenvalue weighted by Gasteiger charge is 2.18. The summed E-state index contributed by atoms with van der Waals surface area (Å²) in [6, 6.07) is 4.20. The highest BCUT2D eigenvalue weighted by molar-refractivity contribution is 5.51. The van der Waals surface area contributed by atoms with E-state index < -0.39 is 0 Å². The summed E-state index contributed by atoms with van der Waals surface area (Å²) in [4.78, 5) is 4.26. The molecule has 4 heteroatoms. The molecule has 4 nitrogen and oxygen atoms in total. The number of rotatable bonds is 3. The van der Waals surface area contributed by atoms with Crippen molar-refractivity contribution >= 4 is 11.5 Å². The van der Waals surface area contributed by atoms with Crippen molar-refractivity contribution in [1.29, 1.82) is 0 Å². The first-order valence-electron chi connectivity index (χ1n) is 7.26. The number of hydrogen-bond donors (Lipinski definition) is 1. The molecule has 102 valence electrons. The van der Waals surface area contributed by atoms with E-state index in [1.807, 2.05) is 4.52 Å². The van der Waals surface area contributed by atoms with E-state index in [1.54, 1.807) is 6.33 Å². The molecule has 2 aromatic rings. The van der Waals surface area contributed by atoms with Crippen molar-refractivity contribution in [2.75, 3.05) is 11.9 Å². The summed E-state index contributed by atoms with van der Waals surface area (Å²) in [5, 5.41) is 7.84. The molecule has 2 aromatic heterocycles. The van der Waals surface area contributed by atoms with Crippen LogP contribution in [-0.2, 0) is 0 Å². The molecule has 0 aliphatic heterocycles. The van der Waals surface area contributed by atoms with Crippen molar-refractivity contribution in [3.05, 3.63) is 24.0 Å². The van der Waals surface area contributed by atoms with Gasteiger partial charge in [0.1, 0.15) is 12.1 Å². The van der Waals surface area contributed by atoms with Crippen molar-refractivity contribution in [3.8, 4) is 0 Å². The lowest BCUT2D eigenvalue weighted by molar-refractivity contribution is 0.300. The Kier molecular flexibility index (Phi) is 3.40. The Morgan fingerprint density at radius 2 is 2.05 bits per heavy atom. The van der Waals surface area contributed by atoms with Crippen LogP contribution >= 0.6 is 0 Å². The summed E-state index contributed by atoms with van der Waals surface area (Å²) < 4.78 is 1.89. The van der Waals surface area contributed by atoms with Crippen LogP contribution in [0.4, 0.5) is 5.82 Å². The van der Waals surface area contributed by atoms with Crippen molar-refractivity contribution in [2.24, 2.45) is 11.8 Å². The van der Waals surface area contributed by atoms with Gasteiger partial charge in [-0.3, -0.25) is 0 Å². The van der Waals surface area contributed by atoms with Crippen LogP contribution in [-0.4, -0.2) is 21.1 Å². The van der Waals surface area contributed by atoms with Gasteiger partial charge in [-0.25, -0.2) is 4.98 Å². The molecular weight excluding hydrogens is 236 g/mol. The molecule has 1 fully saturated rings. The fourth-order valence-electron chi connectivity index (χ4n) is 2.96. The van der Waals surface area contributed by atoms with Gasteiger partial charge in [0.05, 0.1) is 0 Å². The van der Waals surface area contributed by atoms with Gasteiger partial charge in [0.15, 0.2) is 5.65 Å². The molecule has 1 aliphatic rings. The molecule has 0 radical (unpaired) electrons. The lowest BCUT2D eigenvalue weighted by Crippen LogP contribution is -2.21. The third-order valence-corrected chi connectivity index (χ3v) is 4.23. The minimum absolute atomic E-state index is 0.801. The maximum Gasteiger partial charge on any atom is 0.157 e. The Balaban J connectivity index is 1.69. The van der Waals surface area contributed by atoms with E-state index in [0.717, 1.165) is 29.8 Å². The predicted octanol–water partition coefficient (Wildman–Crippen LogP) is 3.28. The Morgan fingerprint density at radius 1 is 1.26 bits per heavy atom. The summed E-state index contributed by atoms with van der Waals surface area (Å²) in [5.41, 5.74) is 2.14. The van der Waals surface area contributed by atoms with Crippen LogP contribution in [0.1, 0.15) is 38.2 Å². The van der Waals surface area contributed by atoms with Crippen LogP contribution in [0, 0.1) is 18.8 Å². The molecule has 0 spiro atoms. The minimum Gasteiger partial charge on any atom is -0.370 e. The first-order valence-corrected chi connectivity index (χ1v) is 7.26. The van der Waals surface area contributed by atoms with Crippen LogP contribution in [0.3, 0.4) is 0 Å². The molecule has 0 bridgehead atoms. The molecule has 0 amide bonds. The normalized spacial score (nSPS) is 23.7. The highest BCUT2D eigenvalue weighted by atomic mass is 15.3. The first kappa shape index (κ1) is 12.5. The molecule has 1 saturated carbocycles. The van der Waals surface area contributed by atoms with Crippen molar-refractivity contribution in [2.45, 2.75) is 39.5 Å². The molecule has 1 aliphatic carbocycles. The van der Waals surface area contributed by atoms with Crippen molar-refractivity contribution < 1.29 is 0 Å². The van der Waals surface area contributed by atoms with E-state index in [9.17, 15) is 0 Å². The summed E-state index contributed by atoms with van der Waals surface area (Å²) in [7, 11) is 0. The van der Waals surface area contributed by atoms with Crippen molar-refractivity contribution in [1.82, 2.24) is 14.6 Å². The quantitative estimate of drug-likeness (QED) is 0.918. The van der Waals surface area contributed by atoms with E-state index in [-0.39, 0.29) is 0 Å². The monoisotopic (exact) mass is 258 g/mol. The summed E-state index contributed by atoms with van der Waals surface area (Å²) in [5.74, 6) is 2.78. The topological polar surface area (TPSA) is 42.2 Å². The van der Waals surface area contributed by atoms with E-state index in [2.05, 4.69) is 41.4 Å². The molecule has 0 atom stereocenters. The second-order valence-corrected chi connectivity index (χ2v) is 5.95. The number of nitrogens with zero attached hydrogens (tertiary/aromatic N) is 3. The third-order valence-electron chi connectivity index (χ3n) is 4.23. The average Bonchev–Trinajstić information content (AvgIpc) is 2.85. The van der Waals surface area contributed by atoms with Crippen LogP contribution in [0.5, 0.6) is 0 Å². The lowest BCUT2D eigenvalue weighted by Gasteiger charge is -2.26. The average molecular weight is 258 g/mol. The van der Waals surface area contributed by atoms with E-state index in [0.29, 0.717) is 0 Å². The maximum absolute atomic E-state index is 4.28. The van der Waals surface area contributed by atoms with Gasteiger partial charge in [-0.05, 0) is 49.3 Å². The van der Waals surface area contributed by atoms with Gasteiger partial charge in [-0.1, -0.05) is 19.8 Å². The van der Waals surface area contributed by atoms with Gasteiger partial charge in [0.25, 0.3) is 0 Å². The standard InChI is InChI=1S/C15H22N4/c1-11-3-5-13(6-4-11)9-16-14-7-12(2)8-15-17-10-18-19(14)15/h7-8,10-11,13,16H,3-6,9H2,1-2H3. The number of nitrogens with one attached hydrogen (secondary N) is 1. The maximum atomic E-state index is 4.28. The number of hydrogen-bond acceptors (Lipinski definition) is 3. The second kappa shape index (κ2) is 5.19. The molecule has 2 heterocycles. The fourth-order valence-corrected chi connectivity index (χ4v) is 2.96. The van der Waals surface area contributed by atoms with Gasteiger partial charge < -0.3 is 5.32 Å². The van der Waals surface area contributed by atoms with Crippen molar-refractivity contribution in [3.63, 3.8) is 0 Å². The Hall–Kier alpha value is -1.58. The largest absolute Gasteiger partial charge is 0.370 e. The zero-order valence-electron chi connectivity index (χ0n) is 11.8. The van der Waals surface area contributed by atoms with E-state index in [1.165, 1.54) is 31.2 Å². The molecule has 3 rings (SSSR count). The third kappa shape index (κ3) is 2.72. The van der Waals surface area contributed by atoms with Gasteiger partial charge in [0, 0.05) is 6.54 Å². The Morgan fingerprint density at radius 3 is 2.84 bits per heavy atom. The van der Waals surface area contributed by atoms with Gasteiger partial charge in [0.2, 0.25) is 0 Å². The fraction of sp³-hybridized carbons (Fsp3) is 0.600. The van der Waals surface area contributed by atoms with Crippen LogP contribution in [0.15, 0.2) is 18.5 Å². The van der Waals surface area contributed by atoms with Crippen LogP contribution in [0.25, 0.3) is 5.65 Å². The van der Waals surface area contributed by atoms with E-state index >= 15 is 0 Å². The highest BCUT2D eigenvalue weighted by Crippen LogP contribution is 2.28. The lowest BCUT2D eigenvalue weighted by atomic mass is 9.83. The van der Waals surface area contributed by atoms with Crippen LogP contribution < -0.4 is 5.32 Å². The SMILES string of the molecule is Cc1cc(NCC2CCC(C)CC2)n2ncnc2c1. The number of anilines is 1. The molecular formula is C15H22N4. The molecule has 19 heavy (non-hydrogen) atoms. The number of aromatic nitrogens is 3. The van der Waals surface area contributed by atoms with Crippen LogP contribution in [0.2, 0.25) is 0 Å². The molecule has 1 N–H and O–H groups in total. The molecule has 0 unspecified atom stereocenters. The number of fused-ring (bicyclic) bond motifs is 1. The Labute approximate surface area is 114 Å².